The maximum Gasteiger partial charge on any atom is 0.256 e. The molecule has 0 radical (unpaired) electrons. The lowest BCUT2D eigenvalue weighted by molar-refractivity contribution is -0.128. The number of hydrogen-bond acceptors (Lipinski definition) is 4. The summed E-state index contributed by atoms with van der Waals surface area (Å²) in [6.45, 7) is 5.98. The van der Waals surface area contributed by atoms with E-state index in [1.54, 1.807) is 6.33 Å². The van der Waals surface area contributed by atoms with Crippen molar-refractivity contribution in [3.63, 3.8) is 0 Å². The van der Waals surface area contributed by atoms with Gasteiger partial charge in [0, 0.05) is 48.1 Å². The molecule has 0 unspecified atom stereocenters. The van der Waals surface area contributed by atoms with Crippen LogP contribution in [-0.2, 0) is 17.6 Å². The summed E-state index contributed by atoms with van der Waals surface area (Å²) in [4.78, 5) is 39.0. The minimum Gasteiger partial charge on any atom is -0.344 e. The molecule has 1 atom stereocenters. The zero-order chi connectivity index (χ0) is 27.5. The van der Waals surface area contributed by atoms with Gasteiger partial charge in [-0.3, -0.25) is 9.59 Å². The maximum absolute atomic E-state index is 14.2. The van der Waals surface area contributed by atoms with Gasteiger partial charge >= 0.3 is 0 Å². The molecule has 204 valence electrons. The topological polar surface area (TPSA) is 87.1 Å². The highest BCUT2D eigenvalue weighted by atomic mass is 79.9. The lowest BCUT2D eigenvalue weighted by Gasteiger charge is -2.38. The van der Waals surface area contributed by atoms with E-state index in [0.29, 0.717) is 49.5 Å². The summed E-state index contributed by atoms with van der Waals surface area (Å²) in [6, 6.07) is 12.1. The molecule has 2 amide bonds. The Balaban J connectivity index is 1.31. The fourth-order valence-electron chi connectivity index (χ4n) is 6.25. The van der Waals surface area contributed by atoms with Crippen LogP contribution < -0.4 is 0 Å². The van der Waals surface area contributed by atoms with E-state index in [9.17, 15) is 9.59 Å². The standard InChI is InChI=1S/C31H31BrN6O2/c1-18(2)19-6-8-21(9-7-19)38-25-13-15-37(31(40)22-10-11-23(32)29-28(22)33-17-34-29)26-16-36(30(39)20-4-3-5-20)14-12-24(35-38)27(25)26/h4,6-11,17-18,26H,3,5,12-16H2,1-2H3,(H,33,34)/t26-/m0/s1. The molecular formula is C31H31BrN6O2. The molecule has 40 heavy (non-hydrogen) atoms. The van der Waals surface area contributed by atoms with Crippen LogP contribution in [0.5, 0.6) is 0 Å². The molecule has 1 N–H and O–H groups in total. The second-order valence-electron chi connectivity index (χ2n) is 11.2. The summed E-state index contributed by atoms with van der Waals surface area (Å²) >= 11 is 3.55. The largest absolute Gasteiger partial charge is 0.344 e. The van der Waals surface area contributed by atoms with Crippen LogP contribution in [0.3, 0.4) is 0 Å². The average Bonchev–Trinajstić information content (AvgIpc) is 3.51. The summed E-state index contributed by atoms with van der Waals surface area (Å²) in [7, 11) is 0. The van der Waals surface area contributed by atoms with Crippen LogP contribution in [0, 0.1) is 0 Å². The van der Waals surface area contributed by atoms with Gasteiger partial charge in [0.05, 0.1) is 40.5 Å². The minimum absolute atomic E-state index is 0.0606. The van der Waals surface area contributed by atoms with Crippen molar-refractivity contribution in [2.75, 3.05) is 19.6 Å². The van der Waals surface area contributed by atoms with Gasteiger partial charge in [0.2, 0.25) is 5.91 Å². The number of nitrogens with one attached hydrogen (secondary N) is 1. The van der Waals surface area contributed by atoms with Crippen molar-refractivity contribution in [3.8, 4) is 5.69 Å². The van der Waals surface area contributed by atoms with E-state index >= 15 is 0 Å². The number of H-pyrrole nitrogens is 1. The first-order valence-corrected chi connectivity index (χ1v) is 14.8. The number of aromatic nitrogens is 4. The zero-order valence-corrected chi connectivity index (χ0v) is 24.2. The van der Waals surface area contributed by atoms with Crippen LogP contribution in [0.4, 0.5) is 0 Å². The Morgan fingerprint density at radius 2 is 1.82 bits per heavy atom. The number of hydrogen-bond donors (Lipinski definition) is 1. The Labute approximate surface area is 241 Å². The zero-order valence-electron chi connectivity index (χ0n) is 22.7. The van der Waals surface area contributed by atoms with E-state index in [2.05, 4.69) is 68.7 Å². The molecule has 0 spiro atoms. The van der Waals surface area contributed by atoms with E-state index < -0.39 is 0 Å². The van der Waals surface area contributed by atoms with Crippen molar-refractivity contribution in [1.82, 2.24) is 29.5 Å². The predicted octanol–water partition coefficient (Wildman–Crippen LogP) is 5.48. The molecule has 9 heteroatoms. The summed E-state index contributed by atoms with van der Waals surface area (Å²) in [5.74, 6) is 0.488. The van der Waals surface area contributed by atoms with Crippen LogP contribution in [0.1, 0.15) is 71.5 Å². The number of benzene rings is 2. The number of carbonyl (C=O) groups is 2. The number of amides is 2. The van der Waals surface area contributed by atoms with Gasteiger partial charge < -0.3 is 14.8 Å². The van der Waals surface area contributed by atoms with Crippen LogP contribution >= 0.6 is 15.9 Å². The van der Waals surface area contributed by atoms with E-state index in [4.69, 9.17) is 5.10 Å². The van der Waals surface area contributed by atoms with E-state index in [-0.39, 0.29) is 17.9 Å². The summed E-state index contributed by atoms with van der Waals surface area (Å²) in [5, 5.41) is 5.11. The Hall–Kier alpha value is -3.72. The molecule has 0 fully saturated rings. The van der Waals surface area contributed by atoms with Gasteiger partial charge in [0.15, 0.2) is 0 Å². The molecule has 8 nitrogen and oxygen atoms in total. The Kier molecular flexibility index (Phi) is 6.14. The van der Waals surface area contributed by atoms with Crippen molar-refractivity contribution in [2.45, 2.75) is 51.5 Å². The molecule has 0 bridgehead atoms. The van der Waals surface area contributed by atoms with Gasteiger partial charge in [0.1, 0.15) is 5.52 Å². The van der Waals surface area contributed by atoms with Crippen LogP contribution in [-0.4, -0.2) is 61.0 Å². The summed E-state index contributed by atoms with van der Waals surface area (Å²) < 4.78 is 2.91. The monoisotopic (exact) mass is 598 g/mol. The van der Waals surface area contributed by atoms with Gasteiger partial charge in [-0.15, -0.1) is 0 Å². The number of allylic oxidation sites excluding steroid dienone is 1. The normalized spacial score (nSPS) is 18.4. The summed E-state index contributed by atoms with van der Waals surface area (Å²) in [5.41, 5.74) is 8.46. The fourth-order valence-corrected chi connectivity index (χ4v) is 6.69. The molecule has 1 aliphatic carbocycles. The van der Waals surface area contributed by atoms with Gasteiger partial charge in [0.25, 0.3) is 5.91 Å². The third kappa shape index (κ3) is 4.01. The number of rotatable bonds is 4. The van der Waals surface area contributed by atoms with Crippen molar-refractivity contribution >= 4 is 38.8 Å². The first kappa shape index (κ1) is 25.3. The van der Waals surface area contributed by atoms with Gasteiger partial charge in [-0.2, -0.15) is 5.10 Å². The second-order valence-corrected chi connectivity index (χ2v) is 12.1. The van der Waals surface area contributed by atoms with Crippen molar-refractivity contribution in [3.05, 3.63) is 86.9 Å². The number of halogens is 1. The fraction of sp³-hybridized carbons (Fsp3) is 0.355. The maximum atomic E-state index is 14.2. The molecule has 0 saturated heterocycles. The Morgan fingerprint density at radius 1 is 1.02 bits per heavy atom. The number of imidazole rings is 1. The molecule has 7 rings (SSSR count). The Morgan fingerprint density at radius 3 is 2.55 bits per heavy atom. The number of aromatic amines is 1. The molecule has 4 aromatic rings. The molecule has 2 aliphatic heterocycles. The SMILES string of the molecule is CC(C)c1ccc(-n2nc3c4c2CCN(C(=O)c2ccc(Br)c5nc[nH]c25)[C@H]4CN(C(=O)C2=CCC2)CC3)cc1. The molecular weight excluding hydrogens is 568 g/mol. The van der Waals surface area contributed by atoms with E-state index in [1.165, 1.54) is 5.56 Å². The third-order valence-electron chi connectivity index (χ3n) is 8.60. The summed E-state index contributed by atoms with van der Waals surface area (Å²) in [6.07, 6.45) is 6.79. The second kappa shape index (κ2) is 9.73. The smallest absolute Gasteiger partial charge is 0.256 e. The highest BCUT2D eigenvalue weighted by Crippen LogP contribution is 2.39. The van der Waals surface area contributed by atoms with Crippen molar-refractivity contribution in [2.24, 2.45) is 0 Å². The lowest BCUT2D eigenvalue weighted by atomic mass is 9.94. The number of fused-ring (bicyclic) bond motifs is 1. The molecule has 3 aliphatic rings. The first-order chi connectivity index (χ1) is 19.4. The molecule has 0 saturated carbocycles. The third-order valence-corrected chi connectivity index (χ3v) is 9.24. The average molecular weight is 600 g/mol. The molecule has 2 aromatic heterocycles. The molecule has 4 heterocycles. The lowest BCUT2D eigenvalue weighted by Crippen LogP contribution is -2.46. The predicted molar refractivity (Wildman–Crippen MR) is 157 cm³/mol. The van der Waals surface area contributed by atoms with Crippen molar-refractivity contribution in [1.29, 1.82) is 0 Å². The number of carbonyl (C=O) groups excluding carboxylic acids is 2. The first-order valence-electron chi connectivity index (χ1n) is 14.0. The molecule has 2 aromatic carbocycles. The highest BCUT2D eigenvalue weighted by molar-refractivity contribution is 9.10. The van der Waals surface area contributed by atoms with E-state index in [0.717, 1.165) is 51.0 Å². The van der Waals surface area contributed by atoms with Crippen LogP contribution in [0.2, 0.25) is 0 Å². The quantitative estimate of drug-likeness (QED) is 0.337. The number of nitrogens with zero attached hydrogens (tertiary/aromatic N) is 5. The Bertz CT molecular complexity index is 1680. The van der Waals surface area contributed by atoms with E-state index in [1.807, 2.05) is 28.0 Å². The van der Waals surface area contributed by atoms with Crippen LogP contribution in [0.25, 0.3) is 16.7 Å². The van der Waals surface area contributed by atoms with Crippen LogP contribution in [0.15, 0.2) is 58.8 Å². The van der Waals surface area contributed by atoms with Gasteiger partial charge in [-0.1, -0.05) is 32.1 Å². The minimum atomic E-state index is -0.274. The van der Waals surface area contributed by atoms with Gasteiger partial charge in [-0.25, -0.2) is 9.67 Å². The van der Waals surface area contributed by atoms with Gasteiger partial charge in [-0.05, 0) is 64.5 Å². The highest BCUT2D eigenvalue weighted by Gasteiger charge is 2.41. The van der Waals surface area contributed by atoms with Crippen molar-refractivity contribution < 1.29 is 9.59 Å².